The molecule has 1 spiro atoms. The highest BCUT2D eigenvalue weighted by atomic mass is 16.4. The Bertz CT molecular complexity index is 674. The molecule has 3 N–H and O–H groups in total. The standard InChI is InChI=1S/C17H20N2O3/c1-16-7-6-10(8-12(16)15(21)22)17(9-16)18-13-5-3-2-4-11(13)14(20)19-17/h2-5,10,12,18H,6-9H2,1H3,(H,19,20)(H,21,22). The number of amides is 1. The molecular formula is C17H20N2O3. The van der Waals surface area contributed by atoms with Gasteiger partial charge in [-0.25, -0.2) is 0 Å². The first-order valence-corrected chi connectivity index (χ1v) is 7.86. The molecule has 4 aliphatic rings. The molecule has 1 aliphatic heterocycles. The van der Waals surface area contributed by atoms with Gasteiger partial charge in [0.2, 0.25) is 0 Å². The van der Waals surface area contributed by atoms with Crippen LogP contribution in [0.15, 0.2) is 24.3 Å². The van der Waals surface area contributed by atoms with Gasteiger partial charge in [0.25, 0.3) is 5.91 Å². The Kier molecular flexibility index (Phi) is 2.63. The highest BCUT2D eigenvalue weighted by molar-refractivity contribution is 6.02. The zero-order valence-corrected chi connectivity index (χ0v) is 12.6. The molecule has 1 heterocycles. The van der Waals surface area contributed by atoms with Crippen LogP contribution in [0.3, 0.4) is 0 Å². The van der Waals surface area contributed by atoms with Crippen molar-refractivity contribution in [2.75, 3.05) is 5.32 Å². The predicted molar refractivity (Wildman–Crippen MR) is 81.5 cm³/mol. The van der Waals surface area contributed by atoms with Crippen molar-refractivity contribution in [1.82, 2.24) is 5.32 Å². The van der Waals surface area contributed by atoms with Crippen molar-refractivity contribution < 1.29 is 14.7 Å². The van der Waals surface area contributed by atoms with E-state index in [2.05, 4.69) is 17.6 Å². The number of carbonyl (C=O) groups is 2. The van der Waals surface area contributed by atoms with E-state index in [0.717, 1.165) is 18.5 Å². The number of anilines is 1. The van der Waals surface area contributed by atoms with E-state index in [1.54, 1.807) is 0 Å². The van der Waals surface area contributed by atoms with E-state index in [4.69, 9.17) is 0 Å². The summed E-state index contributed by atoms with van der Waals surface area (Å²) >= 11 is 0. The molecule has 3 aliphatic carbocycles. The molecule has 0 radical (unpaired) electrons. The third-order valence-corrected chi connectivity index (χ3v) is 5.97. The van der Waals surface area contributed by atoms with Gasteiger partial charge in [-0.05, 0) is 43.2 Å². The lowest BCUT2D eigenvalue weighted by Gasteiger charge is -2.60. The maximum Gasteiger partial charge on any atom is 0.307 e. The van der Waals surface area contributed by atoms with E-state index >= 15 is 0 Å². The molecule has 2 bridgehead atoms. The normalized spacial score (nSPS) is 39.0. The smallest absolute Gasteiger partial charge is 0.307 e. The van der Waals surface area contributed by atoms with Crippen molar-refractivity contribution in [3.8, 4) is 0 Å². The Morgan fingerprint density at radius 3 is 2.82 bits per heavy atom. The summed E-state index contributed by atoms with van der Waals surface area (Å²) in [5.74, 6) is -0.914. The minimum atomic E-state index is -0.704. The monoisotopic (exact) mass is 300 g/mol. The van der Waals surface area contributed by atoms with Gasteiger partial charge in [-0.15, -0.1) is 0 Å². The lowest BCUT2D eigenvalue weighted by atomic mass is 9.51. The summed E-state index contributed by atoms with van der Waals surface area (Å²) in [4.78, 5) is 24.1. The Balaban J connectivity index is 1.73. The third-order valence-electron chi connectivity index (χ3n) is 5.97. The van der Waals surface area contributed by atoms with Crippen molar-refractivity contribution in [1.29, 1.82) is 0 Å². The molecule has 4 unspecified atom stereocenters. The molecule has 4 atom stereocenters. The van der Waals surface area contributed by atoms with Crippen LogP contribution in [0.2, 0.25) is 0 Å². The zero-order chi connectivity index (χ0) is 15.5. The number of hydrogen-bond acceptors (Lipinski definition) is 3. The minimum Gasteiger partial charge on any atom is -0.481 e. The zero-order valence-electron chi connectivity index (χ0n) is 12.6. The topological polar surface area (TPSA) is 78.4 Å². The number of fused-ring (bicyclic) bond motifs is 3. The van der Waals surface area contributed by atoms with Crippen LogP contribution < -0.4 is 10.6 Å². The van der Waals surface area contributed by atoms with Gasteiger partial charge in [-0.2, -0.15) is 0 Å². The van der Waals surface area contributed by atoms with Crippen LogP contribution in [0.25, 0.3) is 0 Å². The number of nitrogens with one attached hydrogen (secondary N) is 2. The highest BCUT2D eigenvalue weighted by Gasteiger charge is 2.60. The summed E-state index contributed by atoms with van der Waals surface area (Å²) in [6.45, 7) is 2.05. The van der Waals surface area contributed by atoms with Crippen molar-refractivity contribution in [2.45, 2.75) is 38.3 Å². The van der Waals surface area contributed by atoms with Crippen molar-refractivity contribution in [3.63, 3.8) is 0 Å². The Morgan fingerprint density at radius 2 is 2.09 bits per heavy atom. The molecule has 116 valence electrons. The SMILES string of the molecule is CC12CCC(CC1C(=O)O)C1(C2)NC(=O)c2ccccc2N1. The van der Waals surface area contributed by atoms with Gasteiger partial charge >= 0.3 is 5.97 Å². The number of carboxylic acids is 1. The first kappa shape index (κ1) is 13.6. The van der Waals surface area contributed by atoms with E-state index in [1.165, 1.54) is 0 Å². The lowest BCUT2D eigenvalue weighted by Crippen LogP contribution is -2.69. The number of carboxylic acid groups (broad SMARTS) is 1. The van der Waals surface area contributed by atoms with Gasteiger partial charge in [-0.3, -0.25) is 9.59 Å². The largest absolute Gasteiger partial charge is 0.481 e. The summed E-state index contributed by atoms with van der Waals surface area (Å²) in [5, 5.41) is 16.2. The van der Waals surface area contributed by atoms with Crippen molar-refractivity contribution >= 4 is 17.6 Å². The van der Waals surface area contributed by atoms with E-state index in [0.29, 0.717) is 18.4 Å². The van der Waals surface area contributed by atoms with Gasteiger partial charge in [0.1, 0.15) is 5.66 Å². The fourth-order valence-corrected chi connectivity index (χ4v) is 4.83. The second-order valence-corrected chi connectivity index (χ2v) is 7.29. The fraction of sp³-hybridized carbons (Fsp3) is 0.529. The molecule has 1 aromatic carbocycles. The van der Waals surface area contributed by atoms with Crippen LogP contribution in [-0.4, -0.2) is 22.6 Å². The molecule has 0 saturated heterocycles. The molecule has 1 amide bonds. The van der Waals surface area contributed by atoms with Crippen LogP contribution in [0.5, 0.6) is 0 Å². The first-order chi connectivity index (χ1) is 10.4. The molecule has 5 rings (SSSR count). The predicted octanol–water partition coefficient (Wildman–Crippen LogP) is 2.45. The van der Waals surface area contributed by atoms with E-state index in [9.17, 15) is 14.7 Å². The maximum atomic E-state index is 12.5. The summed E-state index contributed by atoms with van der Waals surface area (Å²) < 4.78 is 0. The van der Waals surface area contributed by atoms with Crippen molar-refractivity contribution in [3.05, 3.63) is 29.8 Å². The van der Waals surface area contributed by atoms with Crippen LogP contribution in [0.4, 0.5) is 5.69 Å². The summed E-state index contributed by atoms with van der Waals surface area (Å²) in [6.07, 6.45) is 3.16. The minimum absolute atomic E-state index is 0.0580. The Hall–Kier alpha value is -2.04. The number of carbonyl (C=O) groups excluding carboxylic acids is 1. The van der Waals surface area contributed by atoms with Gasteiger partial charge in [0.15, 0.2) is 0 Å². The number of aliphatic carboxylic acids is 1. The van der Waals surface area contributed by atoms with E-state index < -0.39 is 11.6 Å². The summed E-state index contributed by atoms with van der Waals surface area (Å²) in [7, 11) is 0. The average molecular weight is 300 g/mol. The molecule has 5 nitrogen and oxygen atoms in total. The van der Waals surface area contributed by atoms with Gasteiger partial charge in [0.05, 0.1) is 11.5 Å². The number of hydrogen-bond donors (Lipinski definition) is 3. The molecule has 3 fully saturated rings. The number of benzene rings is 1. The summed E-state index contributed by atoms with van der Waals surface area (Å²) in [6, 6.07) is 7.51. The Morgan fingerprint density at radius 1 is 1.32 bits per heavy atom. The fourth-order valence-electron chi connectivity index (χ4n) is 4.83. The molecule has 1 aromatic rings. The van der Waals surface area contributed by atoms with Crippen LogP contribution >= 0.6 is 0 Å². The number of rotatable bonds is 1. The van der Waals surface area contributed by atoms with Crippen LogP contribution in [0.1, 0.15) is 43.0 Å². The molecule has 0 aromatic heterocycles. The van der Waals surface area contributed by atoms with E-state index in [1.807, 2.05) is 24.3 Å². The van der Waals surface area contributed by atoms with E-state index in [-0.39, 0.29) is 23.2 Å². The number of para-hydroxylation sites is 1. The summed E-state index contributed by atoms with van der Waals surface area (Å²) in [5.41, 5.74) is 0.751. The van der Waals surface area contributed by atoms with Crippen LogP contribution in [0, 0.1) is 17.3 Å². The molecule has 5 heteroatoms. The van der Waals surface area contributed by atoms with Crippen molar-refractivity contribution in [2.24, 2.45) is 17.3 Å². The highest BCUT2D eigenvalue weighted by Crippen LogP contribution is 2.58. The average Bonchev–Trinajstić information content (AvgIpc) is 2.46. The molecule has 22 heavy (non-hydrogen) atoms. The van der Waals surface area contributed by atoms with Gasteiger partial charge < -0.3 is 15.7 Å². The maximum absolute atomic E-state index is 12.5. The molecule has 3 saturated carbocycles. The lowest BCUT2D eigenvalue weighted by molar-refractivity contribution is -0.156. The second-order valence-electron chi connectivity index (χ2n) is 7.29. The molecular weight excluding hydrogens is 280 g/mol. The van der Waals surface area contributed by atoms with Crippen LogP contribution in [-0.2, 0) is 4.79 Å². The first-order valence-electron chi connectivity index (χ1n) is 7.86. The van der Waals surface area contributed by atoms with Gasteiger partial charge in [-0.1, -0.05) is 19.1 Å². The second kappa shape index (κ2) is 4.24. The third kappa shape index (κ3) is 1.71. The Labute approximate surface area is 129 Å². The van der Waals surface area contributed by atoms with Gasteiger partial charge in [0, 0.05) is 11.6 Å². The quantitative estimate of drug-likeness (QED) is 0.744.